The van der Waals surface area contributed by atoms with Crippen LogP contribution in [-0.2, 0) is 18.9 Å². The highest BCUT2D eigenvalue weighted by Gasteiger charge is 2.24. The Bertz CT molecular complexity index is 1640. The number of rotatable bonds is 15. The van der Waals surface area contributed by atoms with Gasteiger partial charge in [-0.15, -0.1) is 6.42 Å². The second-order valence-electron chi connectivity index (χ2n) is 10.9. The number of ether oxygens (including phenoxy) is 4. The van der Waals surface area contributed by atoms with Gasteiger partial charge in [0.15, 0.2) is 5.65 Å². The SMILES string of the molecule is C#CCOCCOCCOCCOCCN1CCN(c2ccc3cc(-c4cn5cc(C)nc(C)c5n4)c(=O)oc3c2)C[C@@H]1C. The molecule has 11 heteroatoms. The van der Waals surface area contributed by atoms with E-state index in [2.05, 4.69) is 38.7 Å². The van der Waals surface area contributed by atoms with Crippen molar-refractivity contribution in [3.05, 3.63) is 58.5 Å². The van der Waals surface area contributed by atoms with Gasteiger partial charge in [0, 0.05) is 61.8 Å². The van der Waals surface area contributed by atoms with E-state index in [0.717, 1.165) is 54.3 Å². The van der Waals surface area contributed by atoms with Gasteiger partial charge in [-0.2, -0.15) is 0 Å². The Labute approximate surface area is 257 Å². The summed E-state index contributed by atoms with van der Waals surface area (Å²) < 4.78 is 29.6. The van der Waals surface area contributed by atoms with Gasteiger partial charge in [0.2, 0.25) is 0 Å². The van der Waals surface area contributed by atoms with Crippen molar-refractivity contribution in [1.29, 1.82) is 0 Å². The van der Waals surface area contributed by atoms with Crippen molar-refractivity contribution in [3.63, 3.8) is 0 Å². The Balaban J connectivity index is 1.07. The standard InChI is InChI=1S/C33H41N5O6/c1-5-11-40-13-15-42-17-18-43-16-14-41-12-10-36-8-9-37(22-25(36)3)28-7-6-27-19-29(33(39)44-31(27)20-28)30-23-38-21-24(2)34-26(4)32(38)35-30/h1,6-7,19-21,23,25H,8-18,22H2,2-4H3/t25-/m0/s1. The Hall–Kier alpha value is -3.79. The molecule has 3 aromatic heterocycles. The first kappa shape index (κ1) is 31.6. The molecule has 1 aliphatic heterocycles. The number of hydrogen-bond donors (Lipinski definition) is 0. The molecular weight excluding hydrogens is 562 g/mol. The van der Waals surface area contributed by atoms with Crippen molar-refractivity contribution in [2.24, 2.45) is 0 Å². The summed E-state index contributed by atoms with van der Waals surface area (Å²) in [5, 5.41) is 0.859. The van der Waals surface area contributed by atoms with Gasteiger partial charge < -0.3 is 32.7 Å². The number of aromatic nitrogens is 3. The Morgan fingerprint density at radius 1 is 0.955 bits per heavy atom. The predicted molar refractivity (Wildman–Crippen MR) is 169 cm³/mol. The van der Waals surface area contributed by atoms with Gasteiger partial charge >= 0.3 is 5.63 Å². The number of benzene rings is 1. The lowest BCUT2D eigenvalue weighted by atomic mass is 10.1. The van der Waals surface area contributed by atoms with Gasteiger partial charge in [0.1, 0.15) is 12.2 Å². The lowest BCUT2D eigenvalue weighted by molar-refractivity contribution is -0.00246. The zero-order valence-electron chi connectivity index (χ0n) is 25.8. The molecule has 0 spiro atoms. The number of fused-ring (bicyclic) bond motifs is 2. The maximum absolute atomic E-state index is 13.0. The molecule has 1 saturated heterocycles. The topological polar surface area (TPSA) is 104 Å². The molecule has 1 aliphatic rings. The number of hydrogen-bond acceptors (Lipinski definition) is 10. The van der Waals surface area contributed by atoms with E-state index in [1.165, 1.54) is 0 Å². The third kappa shape index (κ3) is 8.02. The summed E-state index contributed by atoms with van der Waals surface area (Å²) in [4.78, 5) is 26.9. The molecule has 0 N–H and O–H groups in total. The van der Waals surface area contributed by atoms with Crippen LogP contribution in [0.3, 0.4) is 0 Å². The molecule has 0 aliphatic carbocycles. The number of terminal acetylenes is 1. The van der Waals surface area contributed by atoms with Crippen LogP contribution in [0.1, 0.15) is 18.3 Å². The average Bonchev–Trinajstić information content (AvgIpc) is 3.43. The van der Waals surface area contributed by atoms with Crippen LogP contribution in [-0.4, -0.2) is 104 Å². The van der Waals surface area contributed by atoms with Crippen LogP contribution in [0.4, 0.5) is 5.69 Å². The van der Waals surface area contributed by atoms with Crippen LogP contribution in [0, 0.1) is 26.2 Å². The normalized spacial score (nSPS) is 15.8. The second-order valence-corrected chi connectivity index (χ2v) is 10.9. The summed E-state index contributed by atoms with van der Waals surface area (Å²) in [7, 11) is 0. The molecule has 0 bridgehead atoms. The van der Waals surface area contributed by atoms with Crippen LogP contribution in [0.15, 0.2) is 45.9 Å². The van der Waals surface area contributed by atoms with E-state index >= 15 is 0 Å². The fourth-order valence-electron chi connectivity index (χ4n) is 5.44. The third-order valence-electron chi connectivity index (χ3n) is 7.68. The number of imidazole rings is 1. The molecule has 11 nitrogen and oxygen atoms in total. The molecule has 4 heterocycles. The third-order valence-corrected chi connectivity index (χ3v) is 7.68. The molecule has 1 aromatic carbocycles. The van der Waals surface area contributed by atoms with Crippen molar-refractivity contribution in [2.75, 3.05) is 83.9 Å². The highest BCUT2D eigenvalue weighted by molar-refractivity contribution is 5.84. The van der Waals surface area contributed by atoms with Gasteiger partial charge in [-0.1, -0.05) is 5.92 Å². The summed E-state index contributed by atoms with van der Waals surface area (Å²) >= 11 is 0. The van der Waals surface area contributed by atoms with Crippen molar-refractivity contribution in [3.8, 4) is 23.6 Å². The van der Waals surface area contributed by atoms with Crippen LogP contribution in [0.5, 0.6) is 0 Å². The Kier molecular flexibility index (Phi) is 11.0. The van der Waals surface area contributed by atoms with Gasteiger partial charge in [0.25, 0.3) is 0 Å². The summed E-state index contributed by atoms with van der Waals surface area (Å²) in [5.74, 6) is 2.42. The number of nitrogens with zero attached hydrogens (tertiary/aromatic N) is 5. The summed E-state index contributed by atoms with van der Waals surface area (Å²) in [5.41, 5.74) is 4.66. The first-order valence-electron chi connectivity index (χ1n) is 15.1. The Morgan fingerprint density at radius 3 is 2.41 bits per heavy atom. The molecule has 0 unspecified atom stereocenters. The van der Waals surface area contributed by atoms with E-state index < -0.39 is 5.63 Å². The molecule has 1 fully saturated rings. The minimum absolute atomic E-state index is 0.308. The predicted octanol–water partition coefficient (Wildman–Crippen LogP) is 3.33. The van der Waals surface area contributed by atoms with Gasteiger partial charge in [-0.25, -0.2) is 9.78 Å². The molecular formula is C33H41N5O6. The fourth-order valence-corrected chi connectivity index (χ4v) is 5.44. The van der Waals surface area contributed by atoms with Gasteiger partial charge in [-0.05, 0) is 39.0 Å². The molecule has 44 heavy (non-hydrogen) atoms. The van der Waals surface area contributed by atoms with E-state index in [9.17, 15) is 4.79 Å². The molecule has 234 valence electrons. The van der Waals surface area contributed by atoms with Crippen LogP contribution >= 0.6 is 0 Å². The maximum Gasteiger partial charge on any atom is 0.345 e. The minimum Gasteiger partial charge on any atom is -0.422 e. The summed E-state index contributed by atoms with van der Waals surface area (Å²) in [6.45, 7) is 13.7. The minimum atomic E-state index is -0.403. The maximum atomic E-state index is 13.0. The highest BCUT2D eigenvalue weighted by atomic mass is 16.6. The molecule has 0 amide bonds. The van der Waals surface area contributed by atoms with E-state index in [1.54, 1.807) is 0 Å². The zero-order chi connectivity index (χ0) is 30.9. The largest absolute Gasteiger partial charge is 0.422 e. The smallest absolute Gasteiger partial charge is 0.345 e. The van der Waals surface area contributed by atoms with E-state index in [4.69, 9.17) is 29.8 Å². The van der Waals surface area contributed by atoms with Crippen molar-refractivity contribution >= 4 is 22.3 Å². The lowest BCUT2D eigenvalue weighted by Crippen LogP contribution is -2.52. The molecule has 0 radical (unpaired) electrons. The van der Waals surface area contributed by atoms with E-state index in [-0.39, 0.29) is 0 Å². The van der Waals surface area contributed by atoms with Crippen LogP contribution in [0.25, 0.3) is 27.9 Å². The van der Waals surface area contributed by atoms with E-state index in [0.29, 0.717) is 75.7 Å². The number of anilines is 1. The summed E-state index contributed by atoms with van der Waals surface area (Å²) in [6.07, 6.45) is 8.87. The van der Waals surface area contributed by atoms with Crippen LogP contribution in [0.2, 0.25) is 0 Å². The summed E-state index contributed by atoms with van der Waals surface area (Å²) in [6, 6.07) is 8.29. The first-order chi connectivity index (χ1) is 21.4. The fraction of sp³-hybridized carbons (Fsp3) is 0.485. The number of aryl methyl sites for hydroxylation is 2. The Morgan fingerprint density at radius 2 is 1.68 bits per heavy atom. The average molecular weight is 604 g/mol. The van der Waals surface area contributed by atoms with E-state index in [1.807, 2.05) is 48.8 Å². The molecule has 0 saturated carbocycles. The van der Waals surface area contributed by atoms with Crippen LogP contribution < -0.4 is 10.5 Å². The molecule has 1 atom stereocenters. The monoisotopic (exact) mass is 603 g/mol. The second kappa shape index (κ2) is 15.3. The highest BCUT2D eigenvalue weighted by Crippen LogP contribution is 2.27. The van der Waals surface area contributed by atoms with Crippen molar-refractivity contribution in [2.45, 2.75) is 26.8 Å². The number of piperazine rings is 1. The quantitative estimate of drug-likeness (QED) is 0.114. The molecule has 5 rings (SSSR count). The van der Waals surface area contributed by atoms with Gasteiger partial charge in [-0.3, -0.25) is 9.88 Å². The molecule has 4 aromatic rings. The van der Waals surface area contributed by atoms with Gasteiger partial charge in [0.05, 0.1) is 68.9 Å². The zero-order valence-corrected chi connectivity index (χ0v) is 25.8. The van der Waals surface area contributed by atoms with Crippen molar-refractivity contribution in [1.82, 2.24) is 19.3 Å². The first-order valence-corrected chi connectivity index (χ1v) is 15.1. The van der Waals surface area contributed by atoms with Crippen molar-refractivity contribution < 1.29 is 23.4 Å². The lowest BCUT2D eigenvalue weighted by Gasteiger charge is -2.41.